The van der Waals surface area contributed by atoms with Crippen LogP contribution in [-0.4, -0.2) is 36.4 Å². The standard InChI is InChI=1S/C31H33F3N4O3S/c1-29(19-22-20-36-25-13-5-3-11-23(22)25,38-42(40,41)26-14-6-4-12-24(26)31(32,33)34)28(39)37-21-30(16-8-2-9-17-30)27-15-7-10-18-35-27/h3-7,10-15,18,20,36,38H,2,8-9,16-17,19,21H2,1H3,(H,37,39). The first-order chi connectivity index (χ1) is 19.9. The lowest BCUT2D eigenvalue weighted by Gasteiger charge is -2.38. The number of rotatable bonds is 9. The Morgan fingerprint density at radius 2 is 1.67 bits per heavy atom. The molecule has 1 amide bonds. The van der Waals surface area contributed by atoms with Crippen molar-refractivity contribution in [3.63, 3.8) is 0 Å². The van der Waals surface area contributed by atoms with Gasteiger partial charge in [0.25, 0.3) is 0 Å². The summed E-state index contributed by atoms with van der Waals surface area (Å²) in [7, 11) is -4.80. The number of para-hydroxylation sites is 1. The second-order valence-electron chi connectivity index (χ2n) is 11.2. The number of halogens is 3. The minimum Gasteiger partial charge on any atom is -0.361 e. The van der Waals surface area contributed by atoms with Crippen molar-refractivity contribution < 1.29 is 26.4 Å². The number of H-pyrrole nitrogens is 1. The van der Waals surface area contributed by atoms with Crippen molar-refractivity contribution in [3.05, 3.63) is 95.9 Å². The third-order valence-corrected chi connectivity index (χ3v) is 9.82. The molecule has 1 saturated carbocycles. The summed E-state index contributed by atoms with van der Waals surface area (Å²) in [6.45, 7) is 1.62. The van der Waals surface area contributed by atoms with E-state index in [1.807, 2.05) is 42.5 Å². The van der Waals surface area contributed by atoms with E-state index in [0.717, 1.165) is 60.8 Å². The van der Waals surface area contributed by atoms with Crippen LogP contribution in [0.5, 0.6) is 0 Å². The first kappa shape index (κ1) is 29.8. The molecule has 0 saturated heterocycles. The first-order valence-corrected chi connectivity index (χ1v) is 15.4. The molecule has 1 atom stereocenters. The van der Waals surface area contributed by atoms with Crippen LogP contribution in [0.25, 0.3) is 10.9 Å². The van der Waals surface area contributed by atoms with Crippen molar-refractivity contribution in [1.82, 2.24) is 20.0 Å². The van der Waals surface area contributed by atoms with Gasteiger partial charge in [0.2, 0.25) is 15.9 Å². The summed E-state index contributed by atoms with van der Waals surface area (Å²) in [5, 5.41) is 3.75. The van der Waals surface area contributed by atoms with E-state index in [-0.39, 0.29) is 13.0 Å². The molecule has 1 aliphatic rings. The minimum absolute atomic E-state index is 0.104. The number of amides is 1. The van der Waals surface area contributed by atoms with Crippen LogP contribution >= 0.6 is 0 Å². The molecular weight excluding hydrogens is 565 g/mol. The highest BCUT2D eigenvalue weighted by Crippen LogP contribution is 2.38. The van der Waals surface area contributed by atoms with Gasteiger partial charge in [0.1, 0.15) is 5.54 Å². The van der Waals surface area contributed by atoms with Crippen LogP contribution in [0.2, 0.25) is 0 Å². The molecule has 2 aromatic heterocycles. The maximum absolute atomic E-state index is 14.0. The fourth-order valence-electron chi connectivity index (χ4n) is 5.98. The predicted molar refractivity (Wildman–Crippen MR) is 154 cm³/mol. The second kappa shape index (κ2) is 11.5. The number of nitrogens with zero attached hydrogens (tertiary/aromatic N) is 1. The van der Waals surface area contributed by atoms with Crippen LogP contribution in [0.1, 0.15) is 55.8 Å². The van der Waals surface area contributed by atoms with Gasteiger partial charge < -0.3 is 10.3 Å². The number of aromatic nitrogens is 2. The zero-order valence-corrected chi connectivity index (χ0v) is 24.0. The van der Waals surface area contributed by atoms with Gasteiger partial charge in [-0.2, -0.15) is 17.9 Å². The topological polar surface area (TPSA) is 104 Å². The summed E-state index contributed by atoms with van der Waals surface area (Å²) < 4.78 is 71.0. The van der Waals surface area contributed by atoms with Crippen molar-refractivity contribution in [2.75, 3.05) is 6.54 Å². The van der Waals surface area contributed by atoms with Gasteiger partial charge in [0.05, 0.1) is 10.5 Å². The Morgan fingerprint density at radius 3 is 2.38 bits per heavy atom. The summed E-state index contributed by atoms with van der Waals surface area (Å²) in [5.74, 6) is -0.637. The van der Waals surface area contributed by atoms with Crippen LogP contribution in [0.15, 0.2) is 84.0 Å². The Balaban J connectivity index is 1.50. The molecular formula is C31H33F3N4O3S. The summed E-state index contributed by atoms with van der Waals surface area (Å²) >= 11 is 0. The predicted octanol–water partition coefficient (Wildman–Crippen LogP) is 5.88. The lowest BCUT2D eigenvalue weighted by atomic mass is 9.71. The van der Waals surface area contributed by atoms with Crippen LogP contribution in [0, 0.1) is 0 Å². The Kier molecular flexibility index (Phi) is 8.17. The first-order valence-electron chi connectivity index (χ1n) is 13.9. The molecule has 2 aromatic carbocycles. The van der Waals surface area contributed by atoms with E-state index in [1.54, 1.807) is 12.4 Å². The molecule has 0 radical (unpaired) electrons. The highest BCUT2D eigenvalue weighted by Gasteiger charge is 2.44. The van der Waals surface area contributed by atoms with Gasteiger partial charge in [0, 0.05) is 47.4 Å². The van der Waals surface area contributed by atoms with Crippen molar-refractivity contribution in [1.29, 1.82) is 0 Å². The number of alkyl halides is 3. The third kappa shape index (κ3) is 6.07. The molecule has 0 aliphatic heterocycles. The molecule has 1 fully saturated rings. The van der Waals surface area contributed by atoms with E-state index in [2.05, 4.69) is 20.0 Å². The molecule has 3 N–H and O–H groups in total. The van der Waals surface area contributed by atoms with Gasteiger partial charge >= 0.3 is 6.18 Å². The summed E-state index contributed by atoms with van der Waals surface area (Å²) in [6, 6.07) is 17.0. The molecule has 1 unspecified atom stereocenters. The van der Waals surface area contributed by atoms with Gasteiger partial charge in [-0.15, -0.1) is 0 Å². The fraction of sp³-hybridized carbons (Fsp3) is 0.355. The van der Waals surface area contributed by atoms with E-state index >= 15 is 0 Å². The Hall–Kier alpha value is -3.70. The lowest BCUT2D eigenvalue weighted by molar-refractivity contribution is -0.139. The number of hydrogen-bond acceptors (Lipinski definition) is 4. The van der Waals surface area contributed by atoms with Crippen LogP contribution in [0.3, 0.4) is 0 Å². The number of aromatic amines is 1. The molecule has 0 spiro atoms. The van der Waals surface area contributed by atoms with Gasteiger partial charge in [-0.05, 0) is 55.7 Å². The van der Waals surface area contributed by atoms with E-state index in [1.165, 1.54) is 13.0 Å². The van der Waals surface area contributed by atoms with Crippen molar-refractivity contribution in [3.8, 4) is 0 Å². The van der Waals surface area contributed by atoms with Crippen molar-refractivity contribution in [2.45, 2.75) is 67.5 Å². The number of sulfonamides is 1. The number of nitrogens with one attached hydrogen (secondary N) is 3. The van der Waals surface area contributed by atoms with E-state index < -0.39 is 43.5 Å². The second-order valence-corrected chi connectivity index (χ2v) is 12.9. The molecule has 2 heterocycles. The molecule has 5 rings (SSSR count). The average Bonchev–Trinajstić information content (AvgIpc) is 3.38. The maximum atomic E-state index is 14.0. The van der Waals surface area contributed by atoms with Crippen molar-refractivity contribution in [2.24, 2.45) is 0 Å². The Labute approximate surface area is 243 Å². The number of carbonyl (C=O) groups excluding carboxylic acids is 1. The number of hydrogen-bond donors (Lipinski definition) is 3. The van der Waals surface area contributed by atoms with E-state index in [4.69, 9.17) is 0 Å². The SMILES string of the molecule is CC(Cc1c[nH]c2ccccc12)(NS(=O)(=O)c1ccccc1C(F)(F)F)C(=O)NCC1(c2ccccn2)CCCCC1. The quantitative estimate of drug-likeness (QED) is 0.224. The molecule has 7 nitrogen and oxygen atoms in total. The Bertz CT molecular complexity index is 1670. The maximum Gasteiger partial charge on any atom is 0.417 e. The normalized spacial score (nSPS) is 17.0. The van der Waals surface area contributed by atoms with Crippen LogP contribution in [0.4, 0.5) is 13.2 Å². The molecule has 4 aromatic rings. The summed E-state index contributed by atoms with van der Waals surface area (Å²) in [5.41, 5.74) is -1.28. The van der Waals surface area contributed by atoms with Crippen LogP contribution < -0.4 is 10.0 Å². The van der Waals surface area contributed by atoms with Crippen molar-refractivity contribution >= 4 is 26.8 Å². The van der Waals surface area contributed by atoms with Crippen LogP contribution in [-0.2, 0) is 32.8 Å². The van der Waals surface area contributed by atoms with Gasteiger partial charge in [0.15, 0.2) is 0 Å². The fourth-order valence-corrected chi connectivity index (χ4v) is 7.58. The monoisotopic (exact) mass is 598 g/mol. The number of benzene rings is 2. The minimum atomic E-state index is -4.91. The molecule has 42 heavy (non-hydrogen) atoms. The third-order valence-electron chi connectivity index (χ3n) is 8.17. The molecule has 11 heteroatoms. The summed E-state index contributed by atoms with van der Waals surface area (Å²) in [4.78, 5) is 20.8. The molecule has 0 bridgehead atoms. The van der Waals surface area contributed by atoms with Gasteiger partial charge in [-0.1, -0.05) is 55.7 Å². The molecule has 1 aliphatic carbocycles. The van der Waals surface area contributed by atoms with E-state index in [0.29, 0.717) is 11.6 Å². The highest BCUT2D eigenvalue weighted by molar-refractivity contribution is 7.89. The van der Waals surface area contributed by atoms with Gasteiger partial charge in [-0.3, -0.25) is 9.78 Å². The zero-order chi connectivity index (χ0) is 30.0. The number of fused-ring (bicyclic) bond motifs is 1. The smallest absolute Gasteiger partial charge is 0.361 e. The highest BCUT2D eigenvalue weighted by atomic mass is 32.2. The average molecular weight is 599 g/mol. The van der Waals surface area contributed by atoms with E-state index in [9.17, 15) is 26.4 Å². The zero-order valence-electron chi connectivity index (χ0n) is 23.2. The van der Waals surface area contributed by atoms with Gasteiger partial charge in [-0.25, -0.2) is 8.42 Å². The molecule has 222 valence electrons. The number of pyridine rings is 1. The lowest BCUT2D eigenvalue weighted by Crippen LogP contribution is -2.59. The largest absolute Gasteiger partial charge is 0.417 e. The Morgan fingerprint density at radius 1 is 0.976 bits per heavy atom. The number of carbonyl (C=O) groups is 1. The summed E-state index contributed by atoms with van der Waals surface area (Å²) in [6.07, 6.45) is 2.97.